The van der Waals surface area contributed by atoms with Crippen molar-refractivity contribution in [2.24, 2.45) is 0 Å². The SMILES string of the molecule is CCn1ccc(NCc2ccc(C3CC3)cc2)n1. The number of aryl methyl sites for hydroxylation is 1. The topological polar surface area (TPSA) is 29.9 Å². The van der Waals surface area contributed by atoms with Crippen LogP contribution in [0.1, 0.15) is 36.8 Å². The molecule has 1 aliphatic carbocycles. The van der Waals surface area contributed by atoms with Crippen LogP contribution in [0.25, 0.3) is 0 Å². The molecule has 0 bridgehead atoms. The number of hydrogen-bond acceptors (Lipinski definition) is 2. The molecule has 0 spiro atoms. The molecule has 94 valence electrons. The van der Waals surface area contributed by atoms with E-state index in [-0.39, 0.29) is 0 Å². The number of anilines is 1. The predicted molar refractivity (Wildman–Crippen MR) is 73.6 cm³/mol. The largest absolute Gasteiger partial charge is 0.365 e. The lowest BCUT2D eigenvalue weighted by Gasteiger charge is -2.04. The summed E-state index contributed by atoms with van der Waals surface area (Å²) in [6.45, 7) is 3.84. The lowest BCUT2D eigenvalue weighted by Crippen LogP contribution is -2.01. The van der Waals surface area contributed by atoms with Gasteiger partial charge >= 0.3 is 0 Å². The molecule has 3 nitrogen and oxygen atoms in total. The maximum Gasteiger partial charge on any atom is 0.148 e. The fourth-order valence-corrected chi connectivity index (χ4v) is 2.15. The summed E-state index contributed by atoms with van der Waals surface area (Å²) in [5.41, 5.74) is 2.81. The van der Waals surface area contributed by atoms with E-state index in [0.29, 0.717) is 0 Å². The number of nitrogens with one attached hydrogen (secondary N) is 1. The second kappa shape index (κ2) is 4.84. The second-order valence-corrected chi connectivity index (χ2v) is 4.93. The van der Waals surface area contributed by atoms with Crippen LogP contribution in [0, 0.1) is 0 Å². The van der Waals surface area contributed by atoms with Gasteiger partial charge in [0.1, 0.15) is 5.82 Å². The highest BCUT2D eigenvalue weighted by Gasteiger charge is 2.22. The molecule has 0 aliphatic heterocycles. The first kappa shape index (κ1) is 11.3. The van der Waals surface area contributed by atoms with E-state index in [9.17, 15) is 0 Å². The fraction of sp³-hybridized carbons (Fsp3) is 0.400. The van der Waals surface area contributed by atoms with E-state index in [1.54, 1.807) is 0 Å². The molecule has 1 aromatic carbocycles. The van der Waals surface area contributed by atoms with E-state index in [2.05, 4.69) is 41.6 Å². The van der Waals surface area contributed by atoms with Gasteiger partial charge in [0, 0.05) is 25.4 Å². The molecule has 1 aliphatic rings. The van der Waals surface area contributed by atoms with E-state index in [0.717, 1.165) is 24.8 Å². The lowest BCUT2D eigenvalue weighted by molar-refractivity contribution is 0.661. The first-order chi connectivity index (χ1) is 8.85. The number of hydrogen-bond donors (Lipinski definition) is 1. The highest BCUT2D eigenvalue weighted by Crippen LogP contribution is 2.39. The van der Waals surface area contributed by atoms with Gasteiger partial charge in [-0.1, -0.05) is 24.3 Å². The van der Waals surface area contributed by atoms with Crippen LogP contribution in [0.5, 0.6) is 0 Å². The molecule has 0 amide bonds. The third-order valence-electron chi connectivity index (χ3n) is 3.47. The minimum atomic E-state index is 0.839. The first-order valence-corrected chi connectivity index (χ1v) is 6.71. The first-order valence-electron chi connectivity index (χ1n) is 6.71. The molecule has 1 heterocycles. The smallest absolute Gasteiger partial charge is 0.148 e. The summed E-state index contributed by atoms with van der Waals surface area (Å²) in [6.07, 6.45) is 4.73. The summed E-state index contributed by atoms with van der Waals surface area (Å²) < 4.78 is 1.93. The van der Waals surface area contributed by atoms with Gasteiger partial charge in [0.05, 0.1) is 0 Å². The van der Waals surface area contributed by atoms with Crippen LogP contribution in [0.4, 0.5) is 5.82 Å². The highest BCUT2D eigenvalue weighted by atomic mass is 15.3. The van der Waals surface area contributed by atoms with Crippen LogP contribution in [0.2, 0.25) is 0 Å². The normalized spacial score (nSPS) is 14.7. The lowest BCUT2D eigenvalue weighted by atomic mass is 10.1. The molecule has 1 aromatic heterocycles. The standard InChI is InChI=1S/C15H19N3/c1-2-18-10-9-15(17-18)16-11-12-3-5-13(6-4-12)14-7-8-14/h3-6,9-10,14H,2,7-8,11H2,1H3,(H,16,17). The molecule has 1 saturated carbocycles. The van der Waals surface area contributed by atoms with Crippen LogP contribution in [0.3, 0.4) is 0 Å². The Balaban J connectivity index is 1.58. The zero-order valence-electron chi connectivity index (χ0n) is 10.8. The van der Waals surface area contributed by atoms with Gasteiger partial charge in [-0.15, -0.1) is 0 Å². The van der Waals surface area contributed by atoms with Crippen molar-refractivity contribution in [2.45, 2.75) is 38.8 Å². The Labute approximate surface area is 108 Å². The zero-order valence-corrected chi connectivity index (χ0v) is 10.8. The molecule has 1 N–H and O–H groups in total. The number of nitrogens with zero attached hydrogens (tertiary/aromatic N) is 2. The average Bonchev–Trinajstić information content (AvgIpc) is 3.16. The summed E-state index contributed by atoms with van der Waals surface area (Å²) in [5.74, 6) is 1.79. The van der Waals surface area contributed by atoms with Crippen LogP contribution in [0.15, 0.2) is 36.5 Å². The maximum atomic E-state index is 4.41. The van der Waals surface area contributed by atoms with Crippen molar-refractivity contribution in [3.05, 3.63) is 47.7 Å². The van der Waals surface area contributed by atoms with Crippen LogP contribution >= 0.6 is 0 Å². The molecule has 3 rings (SSSR count). The fourth-order valence-electron chi connectivity index (χ4n) is 2.15. The molecule has 0 unspecified atom stereocenters. The van der Waals surface area contributed by atoms with Gasteiger partial charge < -0.3 is 5.32 Å². The Morgan fingerprint density at radius 2 is 2.00 bits per heavy atom. The Hall–Kier alpha value is -1.77. The minimum Gasteiger partial charge on any atom is -0.365 e. The second-order valence-electron chi connectivity index (χ2n) is 4.93. The average molecular weight is 241 g/mol. The molecule has 3 heteroatoms. The summed E-state index contributed by atoms with van der Waals surface area (Å²) in [5, 5.41) is 7.75. The monoisotopic (exact) mass is 241 g/mol. The molecule has 1 fully saturated rings. The molecule has 2 aromatic rings. The molecule has 18 heavy (non-hydrogen) atoms. The van der Waals surface area contributed by atoms with Gasteiger partial charge in [0.2, 0.25) is 0 Å². The van der Waals surface area contributed by atoms with Gasteiger partial charge in [0.25, 0.3) is 0 Å². The third-order valence-corrected chi connectivity index (χ3v) is 3.47. The molecular weight excluding hydrogens is 222 g/mol. The van der Waals surface area contributed by atoms with Crippen molar-refractivity contribution in [1.29, 1.82) is 0 Å². The number of benzene rings is 1. The van der Waals surface area contributed by atoms with Gasteiger partial charge in [-0.2, -0.15) is 5.10 Å². The van der Waals surface area contributed by atoms with Crippen molar-refractivity contribution in [3.63, 3.8) is 0 Å². The van der Waals surface area contributed by atoms with Gasteiger partial charge in [-0.05, 0) is 36.8 Å². The molecule has 0 atom stereocenters. The Kier molecular flexibility index (Phi) is 3.05. The molecule has 0 radical (unpaired) electrons. The van der Waals surface area contributed by atoms with Gasteiger partial charge in [-0.3, -0.25) is 4.68 Å². The Morgan fingerprint density at radius 3 is 2.61 bits per heavy atom. The van der Waals surface area contributed by atoms with Crippen LogP contribution < -0.4 is 5.32 Å². The zero-order chi connectivity index (χ0) is 12.4. The number of rotatable bonds is 5. The van der Waals surface area contributed by atoms with E-state index in [4.69, 9.17) is 0 Å². The Bertz CT molecular complexity index is 509. The van der Waals surface area contributed by atoms with Crippen molar-refractivity contribution < 1.29 is 0 Å². The third kappa shape index (κ3) is 2.55. The van der Waals surface area contributed by atoms with Crippen molar-refractivity contribution >= 4 is 5.82 Å². The van der Waals surface area contributed by atoms with Crippen molar-refractivity contribution in [2.75, 3.05) is 5.32 Å². The van der Waals surface area contributed by atoms with Crippen molar-refractivity contribution in [3.8, 4) is 0 Å². The Morgan fingerprint density at radius 1 is 1.22 bits per heavy atom. The maximum absolute atomic E-state index is 4.41. The molecule has 0 saturated heterocycles. The van der Waals surface area contributed by atoms with Crippen molar-refractivity contribution in [1.82, 2.24) is 9.78 Å². The van der Waals surface area contributed by atoms with Crippen LogP contribution in [-0.4, -0.2) is 9.78 Å². The minimum absolute atomic E-state index is 0.839. The highest BCUT2D eigenvalue weighted by molar-refractivity contribution is 5.35. The summed E-state index contributed by atoms with van der Waals surface area (Å²) in [4.78, 5) is 0. The van der Waals surface area contributed by atoms with E-state index < -0.39 is 0 Å². The van der Waals surface area contributed by atoms with Gasteiger partial charge in [0.15, 0.2) is 0 Å². The van der Waals surface area contributed by atoms with E-state index >= 15 is 0 Å². The van der Waals surface area contributed by atoms with E-state index in [1.165, 1.54) is 24.0 Å². The van der Waals surface area contributed by atoms with Crippen LogP contribution in [-0.2, 0) is 13.1 Å². The number of aromatic nitrogens is 2. The molecular formula is C15H19N3. The van der Waals surface area contributed by atoms with E-state index in [1.807, 2.05) is 16.9 Å². The predicted octanol–water partition coefficient (Wildman–Crippen LogP) is 3.39. The summed E-state index contributed by atoms with van der Waals surface area (Å²) >= 11 is 0. The summed E-state index contributed by atoms with van der Waals surface area (Å²) in [7, 11) is 0. The van der Waals surface area contributed by atoms with Gasteiger partial charge in [-0.25, -0.2) is 0 Å². The summed E-state index contributed by atoms with van der Waals surface area (Å²) in [6, 6.07) is 11.0. The quantitative estimate of drug-likeness (QED) is 0.869.